The fraction of sp³-hybridized carbons (Fsp3) is 0.250. The molecule has 0 fully saturated rings. The highest BCUT2D eigenvalue weighted by Gasteiger charge is 2.13. The average Bonchev–Trinajstić information content (AvgIpc) is 2.38. The quantitative estimate of drug-likeness (QED) is 0.500. The molecule has 0 aromatic heterocycles. The molecule has 0 aliphatic heterocycles. The zero-order chi connectivity index (χ0) is 15.3. The second kappa shape index (κ2) is 6.58. The van der Waals surface area contributed by atoms with Crippen LogP contribution < -0.4 is 10.6 Å². The van der Waals surface area contributed by atoms with E-state index >= 15 is 0 Å². The van der Waals surface area contributed by atoms with E-state index in [1.807, 2.05) is 6.07 Å². The lowest BCUT2D eigenvalue weighted by Gasteiger charge is -2.11. The van der Waals surface area contributed by atoms with Crippen molar-refractivity contribution in [2.24, 2.45) is 5.92 Å². The summed E-state index contributed by atoms with van der Waals surface area (Å²) in [5.41, 5.74) is 0.178. The minimum atomic E-state index is -0.594. The van der Waals surface area contributed by atoms with Crippen molar-refractivity contribution in [2.45, 2.75) is 13.8 Å². The lowest BCUT2D eigenvalue weighted by molar-refractivity contribution is -0.384. The number of rotatable bonds is 3. The Morgan fingerprint density at radius 1 is 1.50 bits per heavy atom. The highest BCUT2D eigenvalue weighted by molar-refractivity contribution is 7.80. The molecule has 0 radical (unpaired) electrons. The molecule has 0 atom stereocenters. The number of nitrogens with zero attached hydrogens (tertiary/aromatic N) is 2. The fourth-order valence-electron chi connectivity index (χ4n) is 1.26. The minimum absolute atomic E-state index is 0.0362. The molecule has 8 heteroatoms. The van der Waals surface area contributed by atoms with Crippen molar-refractivity contribution in [1.82, 2.24) is 5.32 Å². The van der Waals surface area contributed by atoms with Gasteiger partial charge in [-0.25, -0.2) is 0 Å². The molecule has 0 aliphatic rings. The zero-order valence-corrected chi connectivity index (χ0v) is 11.7. The number of thiocarbonyl (C=S) groups is 1. The molecule has 7 nitrogen and oxygen atoms in total. The van der Waals surface area contributed by atoms with Gasteiger partial charge >= 0.3 is 0 Å². The number of nitriles is 1. The van der Waals surface area contributed by atoms with Crippen LogP contribution in [0.4, 0.5) is 11.4 Å². The number of benzene rings is 1. The SMILES string of the molecule is CC(C)C(=O)NC(=S)Nc1ccc([N+](=O)[O-])cc1C#N. The average molecular weight is 292 g/mol. The standard InChI is InChI=1S/C12H12N4O3S/c1-7(2)11(17)15-12(20)14-10-4-3-9(16(18)19)5-8(10)6-13/h3-5,7H,1-2H3,(H2,14,15,17,20). The van der Waals surface area contributed by atoms with E-state index in [4.69, 9.17) is 17.5 Å². The van der Waals surface area contributed by atoms with Crippen molar-refractivity contribution in [3.05, 3.63) is 33.9 Å². The first-order valence-electron chi connectivity index (χ1n) is 5.65. The second-order valence-corrected chi connectivity index (χ2v) is 4.61. The summed E-state index contributed by atoms with van der Waals surface area (Å²) in [4.78, 5) is 21.5. The van der Waals surface area contributed by atoms with Gasteiger partial charge in [0.15, 0.2) is 5.11 Å². The van der Waals surface area contributed by atoms with Crippen LogP contribution in [0, 0.1) is 27.4 Å². The number of hydrogen-bond acceptors (Lipinski definition) is 5. The van der Waals surface area contributed by atoms with E-state index in [9.17, 15) is 14.9 Å². The summed E-state index contributed by atoms with van der Waals surface area (Å²) in [6, 6.07) is 5.58. The molecule has 0 spiro atoms. The molecule has 0 heterocycles. The zero-order valence-electron chi connectivity index (χ0n) is 10.8. The van der Waals surface area contributed by atoms with Crippen LogP contribution in [0.5, 0.6) is 0 Å². The van der Waals surface area contributed by atoms with Crippen LogP contribution in [0.2, 0.25) is 0 Å². The molecule has 0 aliphatic carbocycles. The predicted molar refractivity (Wildman–Crippen MR) is 77.0 cm³/mol. The minimum Gasteiger partial charge on any atom is -0.331 e. The number of anilines is 1. The van der Waals surface area contributed by atoms with Gasteiger partial charge in [0.2, 0.25) is 5.91 Å². The van der Waals surface area contributed by atoms with E-state index in [1.165, 1.54) is 12.1 Å². The molecule has 1 aromatic carbocycles. The van der Waals surface area contributed by atoms with E-state index in [0.717, 1.165) is 6.07 Å². The second-order valence-electron chi connectivity index (χ2n) is 4.20. The number of carbonyl (C=O) groups excluding carboxylic acids is 1. The maximum Gasteiger partial charge on any atom is 0.270 e. The number of nitrogens with one attached hydrogen (secondary N) is 2. The third kappa shape index (κ3) is 4.00. The highest BCUT2D eigenvalue weighted by atomic mass is 32.1. The Labute approximate surface area is 120 Å². The molecule has 20 heavy (non-hydrogen) atoms. The van der Waals surface area contributed by atoms with Gasteiger partial charge in [-0.05, 0) is 18.3 Å². The van der Waals surface area contributed by atoms with Crippen LogP contribution >= 0.6 is 12.2 Å². The van der Waals surface area contributed by atoms with Gasteiger partial charge in [0.05, 0.1) is 16.2 Å². The summed E-state index contributed by atoms with van der Waals surface area (Å²) >= 11 is 4.94. The molecule has 1 aromatic rings. The topological polar surface area (TPSA) is 108 Å². The van der Waals surface area contributed by atoms with Crippen LogP contribution in [-0.4, -0.2) is 15.9 Å². The molecule has 1 amide bonds. The Kier molecular flexibility index (Phi) is 5.11. The Balaban J connectivity index is 2.88. The number of nitro groups is 1. The molecule has 0 bridgehead atoms. The van der Waals surface area contributed by atoms with Crippen LogP contribution in [0.3, 0.4) is 0 Å². The van der Waals surface area contributed by atoms with Crippen molar-refractivity contribution in [2.75, 3.05) is 5.32 Å². The van der Waals surface area contributed by atoms with Gasteiger partial charge in [0.1, 0.15) is 6.07 Å². The summed E-state index contributed by atoms with van der Waals surface area (Å²) in [5, 5.41) is 24.7. The van der Waals surface area contributed by atoms with E-state index < -0.39 is 4.92 Å². The summed E-state index contributed by atoms with van der Waals surface area (Å²) in [6.45, 7) is 3.43. The van der Waals surface area contributed by atoms with Gasteiger partial charge in [0.25, 0.3) is 5.69 Å². The molecule has 1 rings (SSSR count). The van der Waals surface area contributed by atoms with Gasteiger partial charge in [-0.15, -0.1) is 0 Å². The maximum atomic E-state index is 11.4. The van der Waals surface area contributed by atoms with Crippen molar-refractivity contribution in [3.8, 4) is 6.07 Å². The van der Waals surface area contributed by atoms with Gasteiger partial charge in [-0.2, -0.15) is 5.26 Å². The van der Waals surface area contributed by atoms with Gasteiger partial charge in [0, 0.05) is 18.1 Å². The van der Waals surface area contributed by atoms with Crippen molar-refractivity contribution in [3.63, 3.8) is 0 Å². The molecule has 0 unspecified atom stereocenters. The first-order chi connectivity index (χ1) is 9.35. The van der Waals surface area contributed by atoms with E-state index in [0.29, 0.717) is 5.69 Å². The summed E-state index contributed by atoms with van der Waals surface area (Å²) in [6.07, 6.45) is 0. The van der Waals surface area contributed by atoms with E-state index in [-0.39, 0.29) is 28.2 Å². The van der Waals surface area contributed by atoms with Crippen LogP contribution in [-0.2, 0) is 4.79 Å². The third-order valence-corrected chi connectivity index (χ3v) is 2.55. The molecule has 0 saturated heterocycles. The van der Waals surface area contributed by atoms with E-state index in [1.54, 1.807) is 13.8 Å². The lowest BCUT2D eigenvalue weighted by atomic mass is 10.1. The number of nitro benzene ring substituents is 1. The van der Waals surface area contributed by atoms with Crippen molar-refractivity contribution < 1.29 is 9.72 Å². The normalized spacial score (nSPS) is 9.70. The molecule has 104 valence electrons. The third-order valence-electron chi connectivity index (χ3n) is 2.34. The Morgan fingerprint density at radius 2 is 2.15 bits per heavy atom. The van der Waals surface area contributed by atoms with Crippen molar-refractivity contribution in [1.29, 1.82) is 5.26 Å². The number of amides is 1. The molecule has 2 N–H and O–H groups in total. The first kappa shape index (κ1) is 15.5. The van der Waals surface area contributed by atoms with Crippen LogP contribution in [0.15, 0.2) is 18.2 Å². The maximum absolute atomic E-state index is 11.4. The summed E-state index contributed by atoms with van der Waals surface area (Å²) < 4.78 is 0. The Morgan fingerprint density at radius 3 is 2.65 bits per heavy atom. The monoisotopic (exact) mass is 292 g/mol. The van der Waals surface area contributed by atoms with Gasteiger partial charge in [-0.1, -0.05) is 13.8 Å². The van der Waals surface area contributed by atoms with Crippen LogP contribution in [0.25, 0.3) is 0 Å². The highest BCUT2D eigenvalue weighted by Crippen LogP contribution is 2.21. The van der Waals surface area contributed by atoms with Gasteiger partial charge < -0.3 is 10.6 Å². The van der Waals surface area contributed by atoms with Crippen molar-refractivity contribution >= 4 is 34.6 Å². The summed E-state index contributed by atoms with van der Waals surface area (Å²) in [5.74, 6) is -0.495. The Bertz CT molecular complexity index is 607. The number of carbonyl (C=O) groups is 1. The lowest BCUT2D eigenvalue weighted by Crippen LogP contribution is -2.36. The Hall–Kier alpha value is -2.53. The van der Waals surface area contributed by atoms with Crippen LogP contribution in [0.1, 0.15) is 19.4 Å². The summed E-state index contributed by atoms with van der Waals surface area (Å²) in [7, 11) is 0. The first-order valence-corrected chi connectivity index (χ1v) is 6.06. The number of non-ortho nitro benzene ring substituents is 1. The van der Waals surface area contributed by atoms with Gasteiger partial charge in [-0.3, -0.25) is 14.9 Å². The largest absolute Gasteiger partial charge is 0.331 e. The molecular weight excluding hydrogens is 280 g/mol. The molecular formula is C12H12N4O3S. The smallest absolute Gasteiger partial charge is 0.270 e. The fourth-order valence-corrected chi connectivity index (χ4v) is 1.47. The molecule has 0 saturated carbocycles. The number of hydrogen-bond donors (Lipinski definition) is 2. The van der Waals surface area contributed by atoms with E-state index in [2.05, 4.69) is 10.6 Å². The predicted octanol–water partition coefficient (Wildman–Crippen LogP) is 1.94.